The number of aryl methyl sites for hydroxylation is 1. The fraction of sp³-hybridized carbons (Fsp3) is 0.267. The molecule has 0 spiro atoms. The minimum atomic E-state index is -0.737. The van der Waals surface area contributed by atoms with Crippen LogP contribution in [0.5, 0.6) is 0 Å². The van der Waals surface area contributed by atoms with Crippen LogP contribution in [0.4, 0.5) is 0 Å². The third-order valence-electron chi connectivity index (χ3n) is 7.21. The molecular formula is C30H28N6O4S3. The van der Waals surface area contributed by atoms with Gasteiger partial charge in [0.15, 0.2) is 6.10 Å². The van der Waals surface area contributed by atoms with Crippen LogP contribution in [-0.4, -0.2) is 65.3 Å². The van der Waals surface area contributed by atoms with E-state index in [4.69, 9.17) is 4.74 Å². The third-order valence-corrected chi connectivity index (χ3v) is 10.6. The number of ether oxygens (including phenoxy) is 1. The van der Waals surface area contributed by atoms with Gasteiger partial charge in [0.1, 0.15) is 17.1 Å². The molecule has 43 heavy (non-hydrogen) atoms. The van der Waals surface area contributed by atoms with E-state index >= 15 is 0 Å². The van der Waals surface area contributed by atoms with Gasteiger partial charge < -0.3 is 10.1 Å². The Labute approximate surface area is 260 Å². The molecule has 1 saturated heterocycles. The number of benzene rings is 2. The lowest BCUT2D eigenvalue weighted by Crippen LogP contribution is -2.71. The summed E-state index contributed by atoms with van der Waals surface area (Å²) < 4.78 is 7.81. The van der Waals surface area contributed by atoms with Crippen LogP contribution in [0.2, 0.25) is 0 Å². The Bertz CT molecular complexity index is 1610. The number of hydrogen-bond donors (Lipinski definition) is 1. The Balaban J connectivity index is 1.30. The van der Waals surface area contributed by atoms with Gasteiger partial charge in [-0.3, -0.25) is 14.5 Å². The van der Waals surface area contributed by atoms with Gasteiger partial charge >= 0.3 is 5.97 Å². The van der Waals surface area contributed by atoms with Crippen molar-refractivity contribution >= 4 is 52.6 Å². The maximum absolute atomic E-state index is 14.2. The quantitative estimate of drug-likeness (QED) is 0.157. The van der Waals surface area contributed by atoms with E-state index in [0.29, 0.717) is 10.9 Å². The van der Waals surface area contributed by atoms with Crippen LogP contribution in [0, 0.1) is 0 Å². The monoisotopic (exact) mass is 632 g/mol. The van der Waals surface area contributed by atoms with E-state index in [2.05, 4.69) is 20.8 Å². The van der Waals surface area contributed by atoms with Crippen LogP contribution in [0.25, 0.3) is 0 Å². The summed E-state index contributed by atoms with van der Waals surface area (Å²) in [7, 11) is 1.74. The normalized spacial score (nSPS) is 19.7. The largest absolute Gasteiger partial charge is 0.448 e. The Morgan fingerprint density at radius 3 is 2.35 bits per heavy atom. The molecule has 2 aromatic carbocycles. The van der Waals surface area contributed by atoms with Gasteiger partial charge in [-0.25, -0.2) is 9.48 Å². The molecule has 0 saturated carbocycles. The molecule has 2 amide bonds. The van der Waals surface area contributed by atoms with E-state index in [9.17, 15) is 14.4 Å². The molecule has 2 aromatic heterocycles. The molecule has 0 radical (unpaired) electrons. The number of tetrazole rings is 1. The van der Waals surface area contributed by atoms with Crippen LogP contribution in [-0.2, 0) is 32.6 Å². The standard InChI is InChI=1S/C30H28N6O4S3/c1-18-22(17-42-30-32-33-34-35(30)2)25(29(39)40-26(19-10-5-3-6-11-19)20-12-7-4-8-13-20)36-27(38)24(28(36)43-18)31-23(37)16-21-14-9-15-41-21/h3-15,18,24,26,28H,16-17H2,1-2H3,(H,31,37)/t18-,24?,28-/m1/s1. The molecule has 2 aliphatic heterocycles. The maximum atomic E-state index is 14.2. The molecule has 2 aliphatic rings. The molecule has 6 rings (SSSR count). The molecule has 0 bridgehead atoms. The minimum absolute atomic E-state index is 0.144. The van der Waals surface area contributed by atoms with Gasteiger partial charge in [-0.15, -0.1) is 28.2 Å². The number of hydrogen-bond acceptors (Lipinski definition) is 10. The number of nitrogens with one attached hydrogen (secondary N) is 1. The molecule has 1 N–H and O–H groups in total. The number of carbonyl (C=O) groups excluding carboxylic acids is 3. The van der Waals surface area contributed by atoms with Crippen LogP contribution in [0.3, 0.4) is 0 Å². The molecule has 1 fully saturated rings. The second-order valence-corrected chi connectivity index (χ2v) is 13.5. The van der Waals surface area contributed by atoms with Crippen LogP contribution >= 0.6 is 34.9 Å². The molecule has 1 unspecified atom stereocenters. The summed E-state index contributed by atoms with van der Waals surface area (Å²) in [5.74, 6) is -0.792. The average molecular weight is 633 g/mol. The zero-order chi connectivity index (χ0) is 29.9. The molecular weight excluding hydrogens is 605 g/mol. The molecule has 0 aliphatic carbocycles. The number of carbonyl (C=O) groups is 3. The third kappa shape index (κ3) is 6.10. The van der Waals surface area contributed by atoms with Crippen molar-refractivity contribution in [2.24, 2.45) is 7.05 Å². The Morgan fingerprint density at radius 1 is 1.05 bits per heavy atom. The highest BCUT2D eigenvalue weighted by Crippen LogP contribution is 2.46. The van der Waals surface area contributed by atoms with Crippen molar-refractivity contribution < 1.29 is 19.1 Å². The number of thiophene rings is 1. The van der Waals surface area contributed by atoms with E-state index in [1.54, 1.807) is 11.7 Å². The van der Waals surface area contributed by atoms with E-state index in [1.165, 1.54) is 39.8 Å². The predicted octanol–water partition coefficient (Wildman–Crippen LogP) is 3.98. The molecule has 4 heterocycles. The van der Waals surface area contributed by atoms with Crippen molar-refractivity contribution in [1.29, 1.82) is 0 Å². The fourth-order valence-corrected chi connectivity index (χ4v) is 8.30. The van der Waals surface area contributed by atoms with Gasteiger partial charge in [0, 0.05) is 22.9 Å². The van der Waals surface area contributed by atoms with Gasteiger partial charge in [0.25, 0.3) is 5.91 Å². The summed E-state index contributed by atoms with van der Waals surface area (Å²) in [5, 5.41) is 16.5. The van der Waals surface area contributed by atoms with Gasteiger partial charge in [-0.1, -0.05) is 78.5 Å². The molecule has 13 heteroatoms. The first-order valence-corrected chi connectivity index (χ1v) is 16.4. The number of amides is 2. The molecule has 10 nitrogen and oxygen atoms in total. The van der Waals surface area contributed by atoms with E-state index in [0.717, 1.165) is 21.6 Å². The number of fused-ring (bicyclic) bond motifs is 1. The minimum Gasteiger partial charge on any atom is -0.448 e. The Kier molecular flexibility index (Phi) is 8.63. The first kappa shape index (κ1) is 29.1. The summed E-state index contributed by atoms with van der Waals surface area (Å²) in [4.78, 5) is 43.0. The van der Waals surface area contributed by atoms with Crippen LogP contribution < -0.4 is 5.32 Å². The van der Waals surface area contributed by atoms with Crippen LogP contribution in [0.15, 0.2) is 94.6 Å². The Morgan fingerprint density at radius 2 is 1.74 bits per heavy atom. The number of rotatable bonds is 10. The second kappa shape index (κ2) is 12.7. The summed E-state index contributed by atoms with van der Waals surface area (Å²) in [6.07, 6.45) is -0.483. The number of esters is 1. The Hall–Kier alpha value is -3.94. The topological polar surface area (TPSA) is 119 Å². The smallest absolute Gasteiger partial charge is 0.356 e. The number of aromatic nitrogens is 4. The fourth-order valence-electron chi connectivity index (χ4n) is 5.06. The van der Waals surface area contributed by atoms with Crippen molar-refractivity contribution in [3.63, 3.8) is 0 Å². The van der Waals surface area contributed by atoms with Crippen molar-refractivity contribution in [3.8, 4) is 0 Å². The van der Waals surface area contributed by atoms with E-state index < -0.39 is 23.5 Å². The summed E-state index contributed by atoms with van der Waals surface area (Å²) in [6.45, 7) is 2.00. The first-order chi connectivity index (χ1) is 20.9. The second-order valence-electron chi connectivity index (χ2n) is 10.0. The molecule has 3 atom stereocenters. The van der Waals surface area contributed by atoms with Crippen LogP contribution in [0.1, 0.15) is 29.0 Å². The maximum Gasteiger partial charge on any atom is 0.356 e. The lowest BCUT2D eigenvalue weighted by Gasteiger charge is -2.51. The summed E-state index contributed by atoms with van der Waals surface area (Å²) in [5.41, 5.74) is 2.58. The van der Waals surface area contributed by atoms with Crippen molar-refractivity contribution in [2.45, 2.75) is 41.3 Å². The lowest BCUT2D eigenvalue weighted by atomic mass is 10.00. The lowest BCUT2D eigenvalue weighted by molar-refractivity contribution is -0.154. The first-order valence-electron chi connectivity index (χ1n) is 13.6. The van der Waals surface area contributed by atoms with Crippen molar-refractivity contribution in [3.05, 3.63) is 105 Å². The van der Waals surface area contributed by atoms with Gasteiger partial charge in [0.2, 0.25) is 11.1 Å². The zero-order valence-corrected chi connectivity index (χ0v) is 25.8. The number of nitrogens with zero attached hydrogens (tertiary/aromatic N) is 5. The molecule has 220 valence electrons. The molecule has 4 aromatic rings. The van der Waals surface area contributed by atoms with Crippen molar-refractivity contribution in [1.82, 2.24) is 30.4 Å². The predicted molar refractivity (Wildman–Crippen MR) is 165 cm³/mol. The number of thioether (sulfide) groups is 2. The van der Waals surface area contributed by atoms with Gasteiger partial charge in [-0.2, -0.15) is 0 Å². The van der Waals surface area contributed by atoms with E-state index in [1.807, 2.05) is 85.1 Å². The van der Waals surface area contributed by atoms with Gasteiger partial charge in [0.05, 0.1) is 6.42 Å². The van der Waals surface area contributed by atoms with Gasteiger partial charge in [-0.05, 0) is 45.5 Å². The highest BCUT2D eigenvalue weighted by Gasteiger charge is 2.56. The highest BCUT2D eigenvalue weighted by atomic mass is 32.2. The summed E-state index contributed by atoms with van der Waals surface area (Å²) >= 11 is 4.41. The van der Waals surface area contributed by atoms with Crippen molar-refractivity contribution in [2.75, 3.05) is 5.75 Å². The van der Waals surface area contributed by atoms with E-state index in [-0.39, 0.29) is 29.2 Å². The summed E-state index contributed by atoms with van der Waals surface area (Å²) in [6, 6.07) is 22.1. The number of β-lactam (4-membered cyclic amide) rings is 1. The zero-order valence-electron chi connectivity index (χ0n) is 23.3. The average Bonchev–Trinajstić information content (AvgIpc) is 3.69. The highest BCUT2D eigenvalue weighted by molar-refractivity contribution is 8.01. The SMILES string of the molecule is C[C@H]1S[C@@H]2C(NC(=O)Cc3cccs3)C(=O)N2C(C(=O)OC(c2ccccc2)c2ccccc2)=C1CSc1nnnn1C.